The third kappa shape index (κ3) is 6.83. The van der Waals surface area contributed by atoms with Gasteiger partial charge in [0.15, 0.2) is 5.82 Å². The van der Waals surface area contributed by atoms with Crippen LogP contribution in [0.3, 0.4) is 0 Å². The van der Waals surface area contributed by atoms with Crippen molar-refractivity contribution in [1.29, 1.82) is 0 Å². The number of anilines is 3. The summed E-state index contributed by atoms with van der Waals surface area (Å²) in [5.74, 6) is -2.03. The van der Waals surface area contributed by atoms with Crippen LogP contribution in [0.15, 0.2) is 48.7 Å². The fraction of sp³-hybridized carbons (Fsp3) is 0.433. The number of nitrogens with zero attached hydrogens (tertiary/aromatic N) is 4. The molecule has 1 atom stereocenters. The zero-order chi connectivity index (χ0) is 30.7. The molecule has 1 amide bonds. The van der Waals surface area contributed by atoms with Gasteiger partial charge in [-0.25, -0.2) is 14.4 Å². The molecule has 2 aliphatic rings. The second-order valence-corrected chi connectivity index (χ2v) is 10.8. The zero-order valence-corrected chi connectivity index (χ0v) is 24.1. The number of likely N-dealkylation sites (tertiary alicyclic amines) is 1. The van der Waals surface area contributed by atoms with Crippen molar-refractivity contribution in [3.63, 3.8) is 0 Å². The van der Waals surface area contributed by atoms with Gasteiger partial charge in [-0.2, -0.15) is 18.2 Å². The molecule has 1 aromatic heterocycles. The number of alkyl halides is 3. The molecular weight excluding hydrogens is 568 g/mol. The maximum Gasteiger partial charge on any atom is 0.421 e. The fourth-order valence-corrected chi connectivity index (χ4v) is 5.39. The maximum absolute atomic E-state index is 15.2. The van der Waals surface area contributed by atoms with E-state index in [2.05, 4.69) is 39.3 Å². The second-order valence-electron chi connectivity index (χ2n) is 10.8. The van der Waals surface area contributed by atoms with Crippen LogP contribution < -0.4 is 20.4 Å². The number of hydrogen-bond donors (Lipinski definition) is 2. The normalized spacial score (nSPS) is 18.2. The summed E-state index contributed by atoms with van der Waals surface area (Å²) in [4.78, 5) is 28.9. The van der Waals surface area contributed by atoms with Crippen LogP contribution >= 0.6 is 0 Å². The highest BCUT2D eigenvalue weighted by Crippen LogP contribution is 2.42. The lowest BCUT2D eigenvalue weighted by atomic mass is 10.0. The highest BCUT2D eigenvalue weighted by atomic mass is 19.4. The number of benzene rings is 2. The Morgan fingerprint density at radius 2 is 1.84 bits per heavy atom. The van der Waals surface area contributed by atoms with Crippen molar-refractivity contribution in [3.05, 3.63) is 71.2 Å². The van der Waals surface area contributed by atoms with Crippen molar-refractivity contribution in [2.24, 2.45) is 0 Å². The van der Waals surface area contributed by atoms with Crippen LogP contribution in [0.2, 0.25) is 0 Å². The number of rotatable bonds is 8. The molecule has 230 valence electrons. The molecule has 0 bridgehead atoms. The van der Waals surface area contributed by atoms with Gasteiger partial charge in [0.1, 0.15) is 17.1 Å². The molecule has 0 radical (unpaired) electrons. The van der Waals surface area contributed by atoms with Gasteiger partial charge in [0, 0.05) is 43.9 Å². The van der Waals surface area contributed by atoms with Gasteiger partial charge < -0.3 is 20.3 Å². The summed E-state index contributed by atoms with van der Waals surface area (Å²) in [6, 6.07) is 11.1. The molecule has 2 N–H and O–H groups in total. The molecule has 13 heteroatoms. The minimum absolute atomic E-state index is 0.0365. The lowest BCUT2D eigenvalue weighted by molar-refractivity contribution is -0.138. The smallest absolute Gasteiger partial charge is 0.421 e. The Labute approximate surface area is 247 Å². The summed E-state index contributed by atoms with van der Waals surface area (Å²) in [6.45, 7) is 6.10. The quantitative estimate of drug-likeness (QED) is 0.310. The topological polar surface area (TPSA) is 91.9 Å². The van der Waals surface area contributed by atoms with Crippen molar-refractivity contribution >= 4 is 23.4 Å². The zero-order valence-electron chi connectivity index (χ0n) is 24.1. The van der Waals surface area contributed by atoms with Crippen LogP contribution in [-0.4, -0.2) is 59.7 Å². The number of hydroxylamine groups is 1. The first-order chi connectivity index (χ1) is 20.5. The van der Waals surface area contributed by atoms with Crippen molar-refractivity contribution in [2.45, 2.75) is 57.4 Å². The Kier molecular flexibility index (Phi) is 9.02. The number of carbonyl (C=O) groups is 1. The highest BCUT2D eigenvalue weighted by molar-refractivity contribution is 5.96. The van der Waals surface area contributed by atoms with Gasteiger partial charge in [0.25, 0.3) is 5.91 Å². The number of methoxy groups -OCH3 is 1. The van der Waals surface area contributed by atoms with E-state index in [1.54, 1.807) is 24.3 Å². The third-order valence-electron chi connectivity index (χ3n) is 7.75. The molecule has 0 aliphatic carbocycles. The second kappa shape index (κ2) is 12.7. The molecule has 3 heterocycles. The Balaban J connectivity index is 1.39. The maximum atomic E-state index is 15.2. The Bertz CT molecular complexity index is 1430. The van der Waals surface area contributed by atoms with E-state index < -0.39 is 35.3 Å². The highest BCUT2D eigenvalue weighted by Gasteiger charge is 2.40. The minimum Gasteiger partial charge on any atom is -0.495 e. The summed E-state index contributed by atoms with van der Waals surface area (Å²) in [5, 5.41) is 6.79. The first-order valence-electron chi connectivity index (χ1n) is 14.2. The number of piperidine rings is 1. The summed E-state index contributed by atoms with van der Waals surface area (Å²) in [5.41, 5.74) is -0.483. The molecule has 9 nitrogen and oxygen atoms in total. The van der Waals surface area contributed by atoms with Crippen LogP contribution in [0.4, 0.5) is 35.0 Å². The first kappa shape index (κ1) is 30.5. The SMILES string of the molecule is COc1cc(C(=O)NC2CCN(C(C)C)CC2)c(F)cc1Nc1ncc(C(F)(F)F)c(N2OCCC2c2ccccc2)n1. The van der Waals surface area contributed by atoms with Gasteiger partial charge in [-0.05, 0) is 38.3 Å². The fourth-order valence-electron chi connectivity index (χ4n) is 5.39. The van der Waals surface area contributed by atoms with Crippen molar-refractivity contribution in [1.82, 2.24) is 20.2 Å². The van der Waals surface area contributed by atoms with E-state index in [0.29, 0.717) is 18.7 Å². The molecule has 0 spiro atoms. The van der Waals surface area contributed by atoms with Crippen LogP contribution in [0, 0.1) is 5.82 Å². The molecule has 0 saturated carbocycles. The largest absolute Gasteiger partial charge is 0.495 e. The summed E-state index contributed by atoms with van der Waals surface area (Å²) >= 11 is 0. The Hall–Kier alpha value is -3.97. The number of nitrogens with one attached hydrogen (secondary N) is 2. The van der Waals surface area contributed by atoms with Gasteiger partial charge in [0.05, 0.1) is 31.0 Å². The number of carbonyl (C=O) groups excluding carboxylic acids is 1. The minimum atomic E-state index is -4.76. The van der Waals surface area contributed by atoms with Gasteiger partial charge in [0.2, 0.25) is 5.95 Å². The van der Waals surface area contributed by atoms with Gasteiger partial charge >= 0.3 is 6.18 Å². The Morgan fingerprint density at radius 1 is 1.12 bits per heavy atom. The van der Waals surface area contributed by atoms with Crippen LogP contribution in [-0.2, 0) is 11.0 Å². The van der Waals surface area contributed by atoms with Gasteiger partial charge in [-0.1, -0.05) is 30.3 Å². The predicted molar refractivity (Wildman–Crippen MR) is 153 cm³/mol. The Morgan fingerprint density at radius 3 is 2.49 bits per heavy atom. The van der Waals surface area contributed by atoms with Crippen molar-refractivity contribution in [3.8, 4) is 5.75 Å². The molecule has 1 unspecified atom stereocenters. The summed E-state index contributed by atoms with van der Waals surface area (Å²) < 4.78 is 62.7. The lowest BCUT2D eigenvalue weighted by Crippen LogP contribution is -2.46. The molecule has 2 aliphatic heterocycles. The number of hydrogen-bond acceptors (Lipinski definition) is 8. The average Bonchev–Trinajstić information content (AvgIpc) is 3.47. The predicted octanol–water partition coefficient (Wildman–Crippen LogP) is 5.87. The average molecular weight is 603 g/mol. The number of aromatic nitrogens is 2. The van der Waals surface area contributed by atoms with Gasteiger partial charge in [-0.15, -0.1) is 0 Å². The van der Waals surface area contributed by atoms with Gasteiger partial charge in [-0.3, -0.25) is 9.63 Å². The van der Waals surface area contributed by atoms with Crippen molar-refractivity contribution < 1.29 is 31.9 Å². The van der Waals surface area contributed by atoms with E-state index in [-0.39, 0.29) is 35.6 Å². The molecular formula is C30H34F4N6O3. The molecule has 3 aromatic rings. The molecule has 43 heavy (non-hydrogen) atoms. The van der Waals surface area contributed by atoms with Crippen LogP contribution in [0.5, 0.6) is 5.75 Å². The summed E-state index contributed by atoms with van der Waals surface area (Å²) in [6.07, 6.45) is -2.15. The van der Waals surface area contributed by atoms with E-state index in [1.807, 2.05) is 6.07 Å². The lowest BCUT2D eigenvalue weighted by Gasteiger charge is -2.34. The van der Waals surface area contributed by atoms with Crippen LogP contribution in [0.25, 0.3) is 0 Å². The van der Waals surface area contributed by atoms with Crippen molar-refractivity contribution in [2.75, 3.05) is 37.2 Å². The van der Waals surface area contributed by atoms with E-state index in [1.165, 1.54) is 13.2 Å². The molecule has 2 saturated heterocycles. The first-order valence-corrected chi connectivity index (χ1v) is 14.2. The molecule has 2 aromatic carbocycles. The molecule has 5 rings (SSSR count). The van der Waals surface area contributed by atoms with E-state index in [9.17, 15) is 18.0 Å². The monoisotopic (exact) mass is 602 g/mol. The van der Waals surface area contributed by atoms with Crippen LogP contribution in [0.1, 0.15) is 60.6 Å². The number of amides is 1. The summed E-state index contributed by atoms with van der Waals surface area (Å²) in [7, 11) is 1.34. The number of halogens is 4. The van der Waals surface area contributed by atoms with E-state index in [0.717, 1.165) is 42.6 Å². The number of ether oxygens (including phenoxy) is 1. The third-order valence-corrected chi connectivity index (χ3v) is 7.75. The standard InChI is InChI=1S/C30H34F4N6O3/c1-18(2)39-12-9-20(10-13-39)36-28(41)21-15-26(42-3)24(16-23(21)31)37-29-35-17-22(30(32,33)34)27(38-29)40-25(11-14-43-40)19-7-5-4-6-8-19/h4-8,15-18,20,25H,9-14H2,1-3H3,(H,36,41)(H,35,37,38). The van der Waals surface area contributed by atoms with E-state index in [4.69, 9.17) is 9.57 Å². The van der Waals surface area contributed by atoms with E-state index >= 15 is 4.39 Å². The molecule has 2 fully saturated rings.